The number of pyridine rings is 1. The third-order valence-electron chi connectivity index (χ3n) is 4.28. The minimum absolute atomic E-state index is 0.185. The lowest BCUT2D eigenvalue weighted by Crippen LogP contribution is -2.46. The number of benzene rings is 1. The summed E-state index contributed by atoms with van der Waals surface area (Å²) in [6.45, 7) is 7.13. The Morgan fingerprint density at radius 3 is 2.67 bits per heavy atom. The molecule has 0 spiro atoms. The molecule has 0 aliphatic carbocycles. The average Bonchev–Trinajstić information content (AvgIpc) is 2.60. The van der Waals surface area contributed by atoms with Crippen LogP contribution in [0.1, 0.15) is 12.5 Å². The van der Waals surface area contributed by atoms with E-state index < -0.39 is 0 Å². The Morgan fingerprint density at radius 1 is 1.12 bits per heavy atom. The molecule has 0 radical (unpaired) electrons. The number of nitrogens with zero attached hydrogens (tertiary/aromatic N) is 3. The van der Waals surface area contributed by atoms with Gasteiger partial charge in [0, 0.05) is 51.0 Å². The molecule has 1 fully saturated rings. The number of piperazine rings is 1. The van der Waals surface area contributed by atoms with Crippen LogP contribution in [0.5, 0.6) is 11.5 Å². The van der Waals surface area contributed by atoms with Crippen LogP contribution < -0.4 is 10.2 Å². The number of aromatic nitrogens is 1. The van der Waals surface area contributed by atoms with Crippen LogP contribution >= 0.6 is 0 Å². The van der Waals surface area contributed by atoms with Crippen LogP contribution in [0.25, 0.3) is 0 Å². The van der Waals surface area contributed by atoms with Crippen molar-refractivity contribution in [2.24, 2.45) is 0 Å². The van der Waals surface area contributed by atoms with Crippen LogP contribution in [0.2, 0.25) is 0 Å². The summed E-state index contributed by atoms with van der Waals surface area (Å²) in [6, 6.07) is 8.67. The molecule has 0 bridgehead atoms. The molecule has 0 atom stereocenters. The summed E-state index contributed by atoms with van der Waals surface area (Å²) in [7, 11) is 0. The van der Waals surface area contributed by atoms with Crippen molar-refractivity contribution in [1.82, 2.24) is 9.88 Å². The van der Waals surface area contributed by atoms with Gasteiger partial charge in [0.2, 0.25) is 0 Å². The van der Waals surface area contributed by atoms with E-state index in [0.717, 1.165) is 49.8 Å². The van der Waals surface area contributed by atoms with Gasteiger partial charge in [0.1, 0.15) is 11.5 Å². The van der Waals surface area contributed by atoms with E-state index in [-0.39, 0.29) is 11.5 Å². The Balaban J connectivity index is 1.63. The van der Waals surface area contributed by atoms with E-state index in [1.54, 1.807) is 6.07 Å². The lowest BCUT2D eigenvalue weighted by Gasteiger charge is -2.36. The highest BCUT2D eigenvalue weighted by Gasteiger charge is 2.20. The van der Waals surface area contributed by atoms with Gasteiger partial charge in [0.05, 0.1) is 5.69 Å². The van der Waals surface area contributed by atoms with E-state index in [2.05, 4.69) is 33.1 Å². The van der Waals surface area contributed by atoms with Crippen molar-refractivity contribution in [2.75, 3.05) is 42.9 Å². The molecule has 1 saturated heterocycles. The highest BCUT2D eigenvalue weighted by molar-refractivity contribution is 5.65. The fourth-order valence-electron chi connectivity index (χ4n) is 3.03. The second kappa shape index (κ2) is 7.40. The standard InChI is InChI=1S/C18H24N4O2/c1-2-19-16-4-3-7-20-18(16)22-10-8-21(9-11-22)13-14-12-15(23)5-6-17(14)24/h3-7,12,19,23-24H,2,8-11,13H2,1H3. The lowest BCUT2D eigenvalue weighted by atomic mass is 10.1. The van der Waals surface area contributed by atoms with Gasteiger partial charge in [-0.3, -0.25) is 4.90 Å². The summed E-state index contributed by atoms with van der Waals surface area (Å²) in [5, 5.41) is 22.9. The van der Waals surface area contributed by atoms with Crippen molar-refractivity contribution in [3.05, 3.63) is 42.1 Å². The number of aromatic hydroxyl groups is 2. The van der Waals surface area contributed by atoms with Gasteiger partial charge in [-0.1, -0.05) is 0 Å². The van der Waals surface area contributed by atoms with Crippen LogP contribution in [-0.2, 0) is 6.54 Å². The first-order chi connectivity index (χ1) is 11.7. The first kappa shape index (κ1) is 16.4. The normalized spacial score (nSPS) is 15.5. The second-order valence-corrected chi connectivity index (χ2v) is 5.98. The van der Waals surface area contributed by atoms with Crippen LogP contribution in [0, 0.1) is 0 Å². The molecule has 1 aliphatic heterocycles. The highest BCUT2D eigenvalue weighted by atomic mass is 16.3. The topological polar surface area (TPSA) is 71.9 Å². The molecule has 6 heteroatoms. The largest absolute Gasteiger partial charge is 0.508 e. The van der Waals surface area contributed by atoms with Crippen LogP contribution in [0.3, 0.4) is 0 Å². The highest BCUT2D eigenvalue weighted by Crippen LogP contribution is 2.26. The first-order valence-corrected chi connectivity index (χ1v) is 8.34. The zero-order valence-electron chi connectivity index (χ0n) is 13.9. The molecule has 1 aliphatic rings. The number of hydrogen-bond acceptors (Lipinski definition) is 6. The summed E-state index contributed by atoms with van der Waals surface area (Å²) in [4.78, 5) is 9.09. The van der Waals surface area contributed by atoms with Gasteiger partial charge >= 0.3 is 0 Å². The van der Waals surface area contributed by atoms with E-state index in [4.69, 9.17) is 0 Å². The molecule has 2 heterocycles. The van der Waals surface area contributed by atoms with E-state index in [1.165, 1.54) is 12.1 Å². The average molecular weight is 328 g/mol. The third-order valence-corrected chi connectivity index (χ3v) is 4.28. The summed E-state index contributed by atoms with van der Waals surface area (Å²) in [6.07, 6.45) is 1.83. The van der Waals surface area contributed by atoms with Gasteiger partial charge in [-0.25, -0.2) is 4.98 Å². The predicted molar refractivity (Wildman–Crippen MR) is 95.7 cm³/mol. The molecule has 24 heavy (non-hydrogen) atoms. The summed E-state index contributed by atoms with van der Waals surface area (Å²) in [5.41, 5.74) is 1.83. The van der Waals surface area contributed by atoms with E-state index in [0.29, 0.717) is 6.54 Å². The number of hydrogen-bond donors (Lipinski definition) is 3. The van der Waals surface area contributed by atoms with Gasteiger partial charge in [-0.05, 0) is 37.3 Å². The Bertz CT molecular complexity index is 684. The van der Waals surface area contributed by atoms with Gasteiger partial charge in [-0.2, -0.15) is 0 Å². The zero-order chi connectivity index (χ0) is 16.9. The smallest absolute Gasteiger partial charge is 0.152 e. The minimum atomic E-state index is 0.185. The van der Waals surface area contributed by atoms with E-state index in [9.17, 15) is 10.2 Å². The number of phenols is 2. The number of phenolic OH excluding ortho intramolecular Hbond substituents is 2. The molecule has 6 nitrogen and oxygen atoms in total. The maximum atomic E-state index is 9.92. The van der Waals surface area contributed by atoms with Gasteiger partial charge < -0.3 is 20.4 Å². The molecule has 1 aromatic heterocycles. The van der Waals surface area contributed by atoms with Crippen LogP contribution in [0.15, 0.2) is 36.5 Å². The molecule has 2 aromatic rings. The second-order valence-electron chi connectivity index (χ2n) is 5.98. The molecule has 1 aromatic carbocycles. The summed E-state index contributed by atoms with van der Waals surface area (Å²) in [5.74, 6) is 1.42. The fraction of sp³-hybridized carbons (Fsp3) is 0.389. The first-order valence-electron chi connectivity index (χ1n) is 8.34. The summed E-state index contributed by atoms with van der Waals surface area (Å²) < 4.78 is 0. The van der Waals surface area contributed by atoms with Crippen molar-refractivity contribution in [2.45, 2.75) is 13.5 Å². The number of anilines is 2. The molecular formula is C18H24N4O2. The third kappa shape index (κ3) is 3.71. The molecular weight excluding hydrogens is 304 g/mol. The fourth-order valence-corrected chi connectivity index (χ4v) is 3.03. The van der Waals surface area contributed by atoms with E-state index >= 15 is 0 Å². The number of nitrogens with one attached hydrogen (secondary N) is 1. The van der Waals surface area contributed by atoms with Crippen molar-refractivity contribution in [1.29, 1.82) is 0 Å². The Kier molecular flexibility index (Phi) is 5.05. The lowest BCUT2D eigenvalue weighted by molar-refractivity contribution is 0.246. The Labute approximate surface area is 142 Å². The monoisotopic (exact) mass is 328 g/mol. The number of rotatable bonds is 5. The van der Waals surface area contributed by atoms with Crippen molar-refractivity contribution in [3.63, 3.8) is 0 Å². The molecule has 3 N–H and O–H groups in total. The maximum absolute atomic E-state index is 9.92. The quantitative estimate of drug-likeness (QED) is 0.731. The van der Waals surface area contributed by atoms with Crippen molar-refractivity contribution >= 4 is 11.5 Å². The van der Waals surface area contributed by atoms with Crippen molar-refractivity contribution < 1.29 is 10.2 Å². The molecule has 0 unspecified atom stereocenters. The SMILES string of the molecule is CCNc1cccnc1N1CCN(Cc2cc(O)ccc2O)CC1. The molecule has 128 valence electrons. The van der Waals surface area contributed by atoms with Gasteiger partial charge in [-0.15, -0.1) is 0 Å². The predicted octanol–water partition coefficient (Wildman–Crippen LogP) is 2.25. The van der Waals surface area contributed by atoms with Crippen LogP contribution in [-0.4, -0.2) is 52.8 Å². The Morgan fingerprint density at radius 2 is 1.92 bits per heavy atom. The summed E-state index contributed by atoms with van der Waals surface area (Å²) >= 11 is 0. The molecule has 0 amide bonds. The maximum Gasteiger partial charge on any atom is 0.152 e. The van der Waals surface area contributed by atoms with Gasteiger partial charge in [0.25, 0.3) is 0 Å². The van der Waals surface area contributed by atoms with Crippen LogP contribution in [0.4, 0.5) is 11.5 Å². The molecule has 3 rings (SSSR count). The van der Waals surface area contributed by atoms with E-state index in [1.807, 2.05) is 12.3 Å². The minimum Gasteiger partial charge on any atom is -0.508 e. The zero-order valence-corrected chi connectivity index (χ0v) is 13.9. The molecule has 0 saturated carbocycles. The Hall–Kier alpha value is -2.47. The van der Waals surface area contributed by atoms with Gasteiger partial charge in [0.15, 0.2) is 5.82 Å². The van der Waals surface area contributed by atoms with Crippen molar-refractivity contribution in [3.8, 4) is 11.5 Å².